The Morgan fingerprint density at radius 2 is 1.52 bits per heavy atom. The van der Waals surface area contributed by atoms with Gasteiger partial charge >= 0.3 is 0 Å². The molecule has 1 aliphatic heterocycles. The lowest BCUT2D eigenvalue weighted by atomic mass is 9.94. The molecule has 6 heteroatoms. The number of amides is 1. The molecule has 1 heterocycles. The average molecular weight is 387 g/mol. The molecular weight excluding hydrogens is 360 g/mol. The Kier molecular flexibility index (Phi) is 5.67. The number of hydrogen-bond donors (Lipinski definition) is 1. The molecule has 0 bridgehead atoms. The van der Waals surface area contributed by atoms with Gasteiger partial charge in [-0.1, -0.05) is 31.5 Å². The standard InChI is InChI=1S/C21H26N2O3S/c1-15-4-8-19(9-5-15)22-21(24)18-6-10-20(11-7-18)27(25,26)23-13-16(2)12-17(3)14-23/h4-11,16-17H,12-14H2,1-3H3,(H,22,24). The minimum Gasteiger partial charge on any atom is -0.322 e. The molecule has 0 radical (unpaired) electrons. The van der Waals surface area contributed by atoms with E-state index >= 15 is 0 Å². The molecule has 2 unspecified atom stereocenters. The van der Waals surface area contributed by atoms with Gasteiger partial charge in [0, 0.05) is 24.3 Å². The predicted molar refractivity (Wildman–Crippen MR) is 107 cm³/mol. The number of benzene rings is 2. The van der Waals surface area contributed by atoms with Crippen molar-refractivity contribution in [2.45, 2.75) is 32.1 Å². The van der Waals surface area contributed by atoms with Crippen molar-refractivity contribution in [1.29, 1.82) is 0 Å². The first kappa shape index (κ1) is 19.6. The van der Waals surface area contributed by atoms with Crippen molar-refractivity contribution in [2.24, 2.45) is 11.8 Å². The number of carbonyl (C=O) groups is 1. The van der Waals surface area contributed by atoms with Gasteiger partial charge in [0.2, 0.25) is 10.0 Å². The molecule has 1 fully saturated rings. The van der Waals surface area contributed by atoms with Crippen LogP contribution in [-0.2, 0) is 10.0 Å². The van der Waals surface area contributed by atoms with Crippen LogP contribution in [0.15, 0.2) is 53.4 Å². The maximum Gasteiger partial charge on any atom is 0.255 e. The van der Waals surface area contributed by atoms with Crippen LogP contribution in [0.1, 0.15) is 36.2 Å². The van der Waals surface area contributed by atoms with Crippen LogP contribution in [0.4, 0.5) is 5.69 Å². The Balaban J connectivity index is 1.74. The van der Waals surface area contributed by atoms with Crippen LogP contribution in [0.5, 0.6) is 0 Å². The van der Waals surface area contributed by atoms with Crippen molar-refractivity contribution in [3.63, 3.8) is 0 Å². The molecule has 1 amide bonds. The van der Waals surface area contributed by atoms with E-state index in [1.54, 1.807) is 16.4 Å². The molecule has 144 valence electrons. The van der Waals surface area contributed by atoms with Gasteiger partial charge in [-0.3, -0.25) is 4.79 Å². The van der Waals surface area contributed by atoms with E-state index in [1.165, 1.54) is 12.1 Å². The van der Waals surface area contributed by atoms with Crippen molar-refractivity contribution < 1.29 is 13.2 Å². The van der Waals surface area contributed by atoms with Gasteiger partial charge in [0.05, 0.1) is 4.90 Å². The molecule has 1 saturated heterocycles. The zero-order valence-corrected chi connectivity index (χ0v) is 16.8. The van der Waals surface area contributed by atoms with E-state index in [-0.39, 0.29) is 10.8 Å². The first-order chi connectivity index (χ1) is 12.8. The summed E-state index contributed by atoms with van der Waals surface area (Å²) in [4.78, 5) is 12.6. The molecule has 3 rings (SSSR count). The fraction of sp³-hybridized carbons (Fsp3) is 0.381. The number of hydrogen-bond acceptors (Lipinski definition) is 3. The maximum atomic E-state index is 12.9. The second-order valence-corrected chi connectivity index (χ2v) is 9.55. The molecule has 27 heavy (non-hydrogen) atoms. The topological polar surface area (TPSA) is 66.5 Å². The molecule has 5 nitrogen and oxygen atoms in total. The van der Waals surface area contributed by atoms with Gasteiger partial charge in [0.1, 0.15) is 0 Å². The maximum absolute atomic E-state index is 12.9. The first-order valence-electron chi connectivity index (χ1n) is 9.24. The fourth-order valence-corrected chi connectivity index (χ4v) is 5.25. The van der Waals surface area contributed by atoms with Crippen LogP contribution < -0.4 is 5.32 Å². The van der Waals surface area contributed by atoms with Crippen LogP contribution in [0.2, 0.25) is 0 Å². The summed E-state index contributed by atoms with van der Waals surface area (Å²) in [5, 5.41) is 2.82. The number of carbonyl (C=O) groups excluding carboxylic acids is 1. The summed E-state index contributed by atoms with van der Waals surface area (Å²) >= 11 is 0. The first-order valence-corrected chi connectivity index (χ1v) is 10.7. The van der Waals surface area contributed by atoms with Gasteiger partial charge in [-0.15, -0.1) is 0 Å². The fourth-order valence-electron chi connectivity index (χ4n) is 3.57. The summed E-state index contributed by atoms with van der Waals surface area (Å²) in [5.74, 6) is 0.439. The van der Waals surface area contributed by atoms with Crippen LogP contribution >= 0.6 is 0 Å². The van der Waals surface area contributed by atoms with Crippen LogP contribution in [0.25, 0.3) is 0 Å². The minimum absolute atomic E-state index is 0.232. The molecule has 0 aliphatic carbocycles. The highest BCUT2D eigenvalue weighted by atomic mass is 32.2. The largest absolute Gasteiger partial charge is 0.322 e. The van der Waals surface area contributed by atoms with E-state index in [0.717, 1.165) is 12.0 Å². The van der Waals surface area contributed by atoms with E-state index < -0.39 is 10.0 Å². The number of sulfonamides is 1. The lowest BCUT2D eigenvalue weighted by molar-refractivity contribution is 0.102. The van der Waals surface area contributed by atoms with Crippen molar-refractivity contribution in [1.82, 2.24) is 4.31 Å². The van der Waals surface area contributed by atoms with Gasteiger partial charge in [-0.25, -0.2) is 8.42 Å². The summed E-state index contributed by atoms with van der Waals surface area (Å²) in [6.07, 6.45) is 1.05. The number of nitrogens with zero attached hydrogens (tertiary/aromatic N) is 1. The minimum atomic E-state index is -3.53. The molecule has 2 aromatic rings. The van der Waals surface area contributed by atoms with Crippen LogP contribution in [-0.4, -0.2) is 31.7 Å². The van der Waals surface area contributed by atoms with Gasteiger partial charge in [0.25, 0.3) is 5.91 Å². The lowest BCUT2D eigenvalue weighted by Crippen LogP contribution is -2.42. The van der Waals surface area contributed by atoms with Gasteiger partial charge in [-0.05, 0) is 61.6 Å². The highest BCUT2D eigenvalue weighted by molar-refractivity contribution is 7.89. The molecule has 0 spiro atoms. The highest BCUT2D eigenvalue weighted by Gasteiger charge is 2.31. The monoisotopic (exact) mass is 386 g/mol. The Morgan fingerprint density at radius 1 is 0.963 bits per heavy atom. The number of anilines is 1. The van der Waals surface area contributed by atoms with E-state index in [2.05, 4.69) is 19.2 Å². The molecular formula is C21H26N2O3S. The van der Waals surface area contributed by atoms with Crippen molar-refractivity contribution in [2.75, 3.05) is 18.4 Å². The van der Waals surface area contributed by atoms with Crippen LogP contribution in [0, 0.1) is 18.8 Å². The summed E-state index contributed by atoms with van der Waals surface area (Å²) in [6.45, 7) is 7.23. The summed E-state index contributed by atoms with van der Waals surface area (Å²) < 4.78 is 27.4. The van der Waals surface area contributed by atoms with Crippen molar-refractivity contribution >= 4 is 21.6 Å². The van der Waals surface area contributed by atoms with Gasteiger partial charge in [0.15, 0.2) is 0 Å². The number of aryl methyl sites for hydroxylation is 1. The number of nitrogens with one attached hydrogen (secondary N) is 1. The molecule has 2 atom stereocenters. The summed E-state index contributed by atoms with van der Waals surface area (Å²) in [6, 6.07) is 13.7. The third-order valence-corrected chi connectivity index (χ3v) is 6.74. The molecule has 1 N–H and O–H groups in total. The van der Waals surface area contributed by atoms with E-state index in [4.69, 9.17) is 0 Å². The van der Waals surface area contributed by atoms with E-state index in [0.29, 0.717) is 36.2 Å². The molecule has 0 aromatic heterocycles. The lowest BCUT2D eigenvalue weighted by Gasteiger charge is -2.34. The highest BCUT2D eigenvalue weighted by Crippen LogP contribution is 2.26. The SMILES string of the molecule is Cc1ccc(NC(=O)c2ccc(S(=O)(=O)N3CC(C)CC(C)C3)cc2)cc1. The quantitative estimate of drug-likeness (QED) is 0.866. The van der Waals surface area contributed by atoms with Crippen molar-refractivity contribution in [3.05, 3.63) is 59.7 Å². The molecule has 2 aromatic carbocycles. The third-order valence-electron chi connectivity index (χ3n) is 4.90. The normalized spacial score (nSPS) is 21.0. The predicted octanol–water partition coefficient (Wildman–Crippen LogP) is 3.91. The third kappa shape index (κ3) is 4.57. The summed E-state index contributed by atoms with van der Waals surface area (Å²) in [7, 11) is -3.53. The smallest absolute Gasteiger partial charge is 0.255 e. The van der Waals surface area contributed by atoms with Crippen LogP contribution in [0.3, 0.4) is 0 Å². The Bertz CT molecular complexity index is 895. The Labute approximate surface area is 161 Å². The summed E-state index contributed by atoms with van der Waals surface area (Å²) in [5.41, 5.74) is 2.25. The Hall–Kier alpha value is -2.18. The zero-order chi connectivity index (χ0) is 19.6. The van der Waals surface area contributed by atoms with Gasteiger partial charge in [-0.2, -0.15) is 4.31 Å². The van der Waals surface area contributed by atoms with Crippen molar-refractivity contribution in [3.8, 4) is 0 Å². The second kappa shape index (κ2) is 7.82. The Morgan fingerprint density at radius 3 is 2.07 bits per heavy atom. The van der Waals surface area contributed by atoms with E-state index in [1.807, 2.05) is 31.2 Å². The molecule has 0 saturated carbocycles. The zero-order valence-electron chi connectivity index (χ0n) is 16.0. The van der Waals surface area contributed by atoms with Gasteiger partial charge < -0.3 is 5.32 Å². The molecule has 1 aliphatic rings. The number of piperidine rings is 1. The van der Waals surface area contributed by atoms with E-state index in [9.17, 15) is 13.2 Å². The second-order valence-electron chi connectivity index (χ2n) is 7.61. The number of rotatable bonds is 4. The average Bonchev–Trinajstić information content (AvgIpc) is 2.63.